The lowest BCUT2D eigenvalue weighted by molar-refractivity contribution is 0.0989. The van der Waals surface area contributed by atoms with Gasteiger partial charge in [-0.3, -0.25) is 14.6 Å². The zero-order valence-corrected chi connectivity index (χ0v) is 23.5. The van der Waals surface area contributed by atoms with Crippen molar-refractivity contribution in [3.05, 3.63) is 112 Å². The van der Waals surface area contributed by atoms with Crippen molar-refractivity contribution in [1.82, 2.24) is 14.3 Å². The summed E-state index contributed by atoms with van der Waals surface area (Å²) in [4.78, 5) is 38.8. The van der Waals surface area contributed by atoms with E-state index in [-0.39, 0.29) is 18.1 Å². The van der Waals surface area contributed by atoms with E-state index in [0.717, 1.165) is 59.2 Å². The highest BCUT2D eigenvalue weighted by Crippen LogP contribution is 2.24. The summed E-state index contributed by atoms with van der Waals surface area (Å²) in [6.07, 6.45) is 2.48. The Morgan fingerprint density at radius 2 is 1.76 bits per heavy atom. The SMILES string of the molecule is Cc1nsc(Cc2cnc3ccccc3n2)c1C(=O)Nc1cccc(C(=O)Cc2ccc(N3CCOCC3)cc2)c1. The van der Waals surface area contributed by atoms with Gasteiger partial charge in [0.25, 0.3) is 5.91 Å². The number of hydrogen-bond donors (Lipinski definition) is 1. The fraction of sp³-hybridized carbons (Fsp3) is 0.219. The number of carbonyl (C=O) groups excluding carboxylic acids is 2. The van der Waals surface area contributed by atoms with Crippen molar-refractivity contribution >= 4 is 45.6 Å². The molecule has 8 nitrogen and oxygen atoms in total. The van der Waals surface area contributed by atoms with Gasteiger partial charge in [-0.15, -0.1) is 0 Å². The predicted octanol–water partition coefficient (Wildman–Crippen LogP) is 5.50. The van der Waals surface area contributed by atoms with Crippen LogP contribution in [0, 0.1) is 6.92 Å². The van der Waals surface area contributed by atoms with E-state index in [2.05, 4.69) is 31.7 Å². The number of anilines is 2. The molecule has 1 aliphatic rings. The molecule has 6 rings (SSSR count). The summed E-state index contributed by atoms with van der Waals surface area (Å²) >= 11 is 1.29. The van der Waals surface area contributed by atoms with Crippen LogP contribution in [0.15, 0.2) is 79.0 Å². The first kappa shape index (κ1) is 26.7. The second-order valence-corrected chi connectivity index (χ2v) is 10.9. The van der Waals surface area contributed by atoms with Gasteiger partial charge in [0.1, 0.15) is 0 Å². The monoisotopic (exact) mass is 563 g/mol. The lowest BCUT2D eigenvalue weighted by atomic mass is 10.0. The topological polar surface area (TPSA) is 97.3 Å². The lowest BCUT2D eigenvalue weighted by Gasteiger charge is -2.28. The van der Waals surface area contributed by atoms with Gasteiger partial charge in [0.05, 0.1) is 41.2 Å². The van der Waals surface area contributed by atoms with Gasteiger partial charge in [0, 0.05) is 53.9 Å². The van der Waals surface area contributed by atoms with Crippen molar-refractivity contribution in [3.8, 4) is 0 Å². The maximum absolute atomic E-state index is 13.4. The molecule has 1 amide bonds. The second-order valence-electron chi connectivity index (χ2n) is 9.99. The number of fused-ring (bicyclic) bond motifs is 1. The number of nitrogens with one attached hydrogen (secondary N) is 1. The molecule has 2 aromatic heterocycles. The summed E-state index contributed by atoms with van der Waals surface area (Å²) in [6, 6.07) is 22.9. The number of amides is 1. The number of aromatic nitrogens is 3. The number of para-hydroxylation sites is 2. The average Bonchev–Trinajstić information content (AvgIpc) is 3.37. The minimum atomic E-state index is -0.261. The third-order valence-corrected chi connectivity index (χ3v) is 8.05. The smallest absolute Gasteiger partial charge is 0.258 e. The van der Waals surface area contributed by atoms with Crippen molar-refractivity contribution < 1.29 is 14.3 Å². The second kappa shape index (κ2) is 12.0. The van der Waals surface area contributed by atoms with Crippen molar-refractivity contribution in [2.24, 2.45) is 0 Å². The van der Waals surface area contributed by atoms with E-state index in [1.54, 1.807) is 30.5 Å². The van der Waals surface area contributed by atoms with Crippen molar-refractivity contribution in [3.63, 3.8) is 0 Å². The van der Waals surface area contributed by atoms with E-state index in [1.807, 2.05) is 43.3 Å². The van der Waals surface area contributed by atoms with Gasteiger partial charge in [0.2, 0.25) is 0 Å². The van der Waals surface area contributed by atoms with Gasteiger partial charge in [-0.1, -0.05) is 36.4 Å². The molecule has 0 atom stereocenters. The van der Waals surface area contributed by atoms with Crippen molar-refractivity contribution in [2.75, 3.05) is 36.5 Å². The molecule has 206 valence electrons. The van der Waals surface area contributed by atoms with E-state index in [9.17, 15) is 9.59 Å². The molecule has 1 saturated heterocycles. The Kier molecular flexibility index (Phi) is 7.80. The summed E-state index contributed by atoms with van der Waals surface area (Å²) < 4.78 is 9.87. The van der Waals surface area contributed by atoms with E-state index in [4.69, 9.17) is 9.72 Å². The minimum absolute atomic E-state index is 0.0100. The molecule has 3 heterocycles. The van der Waals surface area contributed by atoms with E-state index in [1.165, 1.54) is 11.5 Å². The van der Waals surface area contributed by atoms with Crippen LogP contribution in [-0.4, -0.2) is 52.3 Å². The Morgan fingerprint density at radius 1 is 0.976 bits per heavy atom. The number of ether oxygens (including phenoxy) is 1. The Balaban J connectivity index is 1.13. The molecule has 41 heavy (non-hydrogen) atoms. The van der Waals surface area contributed by atoms with Gasteiger partial charge >= 0.3 is 0 Å². The molecule has 5 aromatic rings. The first-order valence-electron chi connectivity index (χ1n) is 13.6. The Labute approximate surface area is 242 Å². The third-order valence-electron chi connectivity index (χ3n) is 7.12. The highest BCUT2D eigenvalue weighted by molar-refractivity contribution is 7.06. The number of nitrogens with zero attached hydrogens (tertiary/aromatic N) is 4. The largest absolute Gasteiger partial charge is 0.378 e. The van der Waals surface area contributed by atoms with Crippen LogP contribution < -0.4 is 10.2 Å². The maximum atomic E-state index is 13.4. The molecule has 3 aromatic carbocycles. The summed E-state index contributed by atoms with van der Waals surface area (Å²) in [6.45, 7) is 5.03. The van der Waals surface area contributed by atoms with Gasteiger partial charge in [-0.2, -0.15) is 4.37 Å². The number of benzene rings is 3. The van der Waals surface area contributed by atoms with Gasteiger partial charge in [-0.25, -0.2) is 4.98 Å². The molecule has 0 saturated carbocycles. The minimum Gasteiger partial charge on any atom is -0.378 e. The van der Waals surface area contributed by atoms with Gasteiger partial charge in [-0.05, 0) is 60.4 Å². The molecule has 0 radical (unpaired) electrons. The van der Waals surface area contributed by atoms with Crippen molar-refractivity contribution in [1.29, 1.82) is 0 Å². The van der Waals surface area contributed by atoms with Crippen LogP contribution in [0.4, 0.5) is 11.4 Å². The highest BCUT2D eigenvalue weighted by atomic mass is 32.1. The highest BCUT2D eigenvalue weighted by Gasteiger charge is 2.20. The van der Waals surface area contributed by atoms with E-state index < -0.39 is 0 Å². The molecule has 0 unspecified atom stereocenters. The number of hydrogen-bond acceptors (Lipinski definition) is 8. The number of ketones is 1. The Hall–Kier alpha value is -4.47. The summed E-state index contributed by atoms with van der Waals surface area (Å²) in [5, 5.41) is 2.97. The van der Waals surface area contributed by atoms with Gasteiger partial charge < -0.3 is 15.0 Å². The van der Waals surface area contributed by atoms with E-state index in [0.29, 0.717) is 28.9 Å². The summed E-state index contributed by atoms with van der Waals surface area (Å²) in [5.41, 5.74) is 6.79. The van der Waals surface area contributed by atoms with Crippen molar-refractivity contribution in [2.45, 2.75) is 19.8 Å². The zero-order valence-electron chi connectivity index (χ0n) is 22.7. The van der Waals surface area contributed by atoms with Crippen LogP contribution in [-0.2, 0) is 17.6 Å². The quantitative estimate of drug-likeness (QED) is 0.249. The summed E-state index contributed by atoms with van der Waals surface area (Å²) in [7, 11) is 0. The Morgan fingerprint density at radius 3 is 2.56 bits per heavy atom. The van der Waals surface area contributed by atoms with Crippen LogP contribution in [0.2, 0.25) is 0 Å². The molecule has 1 fully saturated rings. The predicted molar refractivity (Wildman–Crippen MR) is 161 cm³/mol. The molecule has 9 heteroatoms. The number of Topliss-reactive ketones (excluding diaryl/α,β-unsaturated/α-hetero) is 1. The fourth-order valence-electron chi connectivity index (χ4n) is 4.97. The lowest BCUT2D eigenvalue weighted by Crippen LogP contribution is -2.36. The van der Waals surface area contributed by atoms with Crippen LogP contribution in [0.25, 0.3) is 11.0 Å². The molecule has 0 aliphatic carbocycles. The van der Waals surface area contributed by atoms with E-state index >= 15 is 0 Å². The molecular formula is C32H29N5O3S. The standard InChI is InChI=1S/C32H29N5O3S/c1-21-31(30(41-36-21)19-25-20-33-27-7-2-3-8-28(27)34-25)32(39)35-24-6-4-5-23(18-24)29(38)17-22-9-11-26(12-10-22)37-13-15-40-16-14-37/h2-12,18,20H,13-17,19H2,1H3,(H,35,39). The molecule has 1 aliphatic heterocycles. The maximum Gasteiger partial charge on any atom is 0.258 e. The Bertz CT molecular complexity index is 1710. The number of aryl methyl sites for hydroxylation is 1. The van der Waals surface area contributed by atoms with Crippen LogP contribution in [0.5, 0.6) is 0 Å². The van der Waals surface area contributed by atoms with Crippen LogP contribution in [0.1, 0.15) is 42.5 Å². The normalized spacial score (nSPS) is 13.3. The molecular weight excluding hydrogens is 534 g/mol. The molecule has 0 spiro atoms. The number of morpholine rings is 1. The van der Waals surface area contributed by atoms with Crippen LogP contribution >= 0.6 is 11.5 Å². The van der Waals surface area contributed by atoms with Gasteiger partial charge in [0.15, 0.2) is 5.78 Å². The molecule has 1 N–H and O–H groups in total. The summed E-state index contributed by atoms with van der Waals surface area (Å²) in [5.74, 6) is -0.271. The fourth-order valence-corrected chi connectivity index (χ4v) is 5.85. The first-order valence-corrected chi connectivity index (χ1v) is 14.3. The average molecular weight is 564 g/mol. The molecule has 0 bridgehead atoms. The number of rotatable bonds is 8. The number of carbonyl (C=O) groups is 2. The zero-order chi connectivity index (χ0) is 28.2. The van der Waals surface area contributed by atoms with Crippen LogP contribution in [0.3, 0.4) is 0 Å². The third kappa shape index (κ3) is 6.16. The first-order chi connectivity index (χ1) is 20.0.